The third kappa shape index (κ3) is 5.36. The van der Waals surface area contributed by atoms with Crippen molar-refractivity contribution in [1.82, 2.24) is 15.1 Å². The summed E-state index contributed by atoms with van der Waals surface area (Å²) in [5, 5.41) is 2.82. The van der Waals surface area contributed by atoms with Gasteiger partial charge in [0.05, 0.1) is 13.2 Å². The molecule has 1 aromatic carbocycles. The number of rotatable bonds is 5. The van der Waals surface area contributed by atoms with E-state index >= 15 is 0 Å². The fraction of sp³-hybridized carbons (Fsp3) is 0.500. The Balaban J connectivity index is 1.62. The Morgan fingerprint density at radius 1 is 1.09 bits per heavy atom. The first-order chi connectivity index (χ1) is 11.2. The average Bonchev–Trinajstić information content (AvgIpc) is 2.60. The predicted octanol–water partition coefficient (Wildman–Crippen LogP) is 1.55. The maximum absolute atomic E-state index is 12.0. The molecule has 0 spiro atoms. The highest BCUT2D eigenvalue weighted by Crippen LogP contribution is 2.07. The zero-order valence-corrected chi connectivity index (χ0v) is 13.4. The summed E-state index contributed by atoms with van der Waals surface area (Å²) in [5.74, 6) is 0.782. The van der Waals surface area contributed by atoms with Crippen molar-refractivity contribution in [2.45, 2.75) is 6.92 Å². The van der Waals surface area contributed by atoms with Gasteiger partial charge in [-0.1, -0.05) is 18.2 Å². The quantitative estimate of drug-likeness (QED) is 0.835. The molecule has 0 radical (unpaired) electrons. The van der Waals surface area contributed by atoms with Crippen LogP contribution in [-0.4, -0.2) is 67.9 Å². The van der Waals surface area contributed by atoms with E-state index in [9.17, 15) is 9.59 Å². The highest BCUT2D eigenvalue weighted by atomic mass is 16.6. The van der Waals surface area contributed by atoms with Crippen molar-refractivity contribution in [2.24, 2.45) is 0 Å². The molecule has 1 aromatic rings. The van der Waals surface area contributed by atoms with Crippen molar-refractivity contribution in [3.8, 4) is 5.75 Å². The molecule has 7 heteroatoms. The highest BCUT2D eigenvalue weighted by Gasteiger charge is 2.24. The minimum absolute atomic E-state index is 0.134. The number of carbonyl (C=O) groups excluding carboxylic acids is 2. The maximum atomic E-state index is 12.0. The molecule has 126 valence electrons. The van der Waals surface area contributed by atoms with Crippen LogP contribution >= 0.6 is 0 Å². The topological polar surface area (TPSA) is 71.1 Å². The van der Waals surface area contributed by atoms with E-state index in [0.717, 1.165) is 5.75 Å². The molecule has 1 fully saturated rings. The molecule has 0 unspecified atom stereocenters. The number of nitrogens with one attached hydrogen (secondary N) is 1. The zero-order chi connectivity index (χ0) is 16.5. The van der Waals surface area contributed by atoms with Gasteiger partial charge in [0, 0.05) is 26.2 Å². The number of benzene rings is 1. The van der Waals surface area contributed by atoms with Crippen LogP contribution in [0.3, 0.4) is 0 Å². The van der Waals surface area contributed by atoms with E-state index in [1.807, 2.05) is 30.3 Å². The summed E-state index contributed by atoms with van der Waals surface area (Å²) in [4.78, 5) is 26.9. The lowest BCUT2D eigenvalue weighted by atomic mass is 10.3. The number of amides is 3. The van der Waals surface area contributed by atoms with E-state index in [-0.39, 0.29) is 12.1 Å². The van der Waals surface area contributed by atoms with Gasteiger partial charge in [-0.15, -0.1) is 0 Å². The average molecular weight is 321 g/mol. The van der Waals surface area contributed by atoms with E-state index in [2.05, 4.69) is 5.32 Å². The third-order valence-electron chi connectivity index (χ3n) is 3.48. The normalized spacial score (nSPS) is 14.3. The maximum Gasteiger partial charge on any atom is 0.409 e. The standard InChI is InChI=1S/C16H23N3O4/c1-2-22-16(21)19-11-9-18(10-12-19)15(20)17-8-13-23-14-6-4-3-5-7-14/h3-7H,2,8-13H2,1H3,(H,17,20). The Hall–Kier alpha value is -2.44. The third-order valence-corrected chi connectivity index (χ3v) is 3.48. The first-order valence-electron chi connectivity index (χ1n) is 7.83. The summed E-state index contributed by atoms with van der Waals surface area (Å²) >= 11 is 0. The second kappa shape index (κ2) is 8.87. The van der Waals surface area contributed by atoms with Crippen LogP contribution in [-0.2, 0) is 4.74 Å². The predicted molar refractivity (Wildman–Crippen MR) is 85.5 cm³/mol. The van der Waals surface area contributed by atoms with Crippen molar-refractivity contribution in [3.05, 3.63) is 30.3 Å². The van der Waals surface area contributed by atoms with Crippen molar-refractivity contribution >= 4 is 12.1 Å². The van der Waals surface area contributed by atoms with Crippen molar-refractivity contribution in [1.29, 1.82) is 0 Å². The van der Waals surface area contributed by atoms with Crippen LogP contribution in [0.15, 0.2) is 30.3 Å². The van der Waals surface area contributed by atoms with Gasteiger partial charge in [0.2, 0.25) is 0 Å². The number of ether oxygens (including phenoxy) is 2. The molecule has 0 aromatic heterocycles. The molecule has 0 saturated carbocycles. The van der Waals surface area contributed by atoms with Gasteiger partial charge < -0.3 is 24.6 Å². The van der Waals surface area contributed by atoms with Gasteiger partial charge in [-0.05, 0) is 19.1 Å². The smallest absolute Gasteiger partial charge is 0.409 e. The zero-order valence-electron chi connectivity index (χ0n) is 13.4. The summed E-state index contributed by atoms with van der Waals surface area (Å²) in [6.45, 7) is 4.98. The number of hydrogen-bond donors (Lipinski definition) is 1. The largest absolute Gasteiger partial charge is 0.492 e. The molecule has 1 heterocycles. The van der Waals surface area contributed by atoms with Crippen molar-refractivity contribution in [3.63, 3.8) is 0 Å². The summed E-state index contributed by atoms with van der Waals surface area (Å²) in [5.41, 5.74) is 0. The van der Waals surface area contributed by atoms with Gasteiger partial charge >= 0.3 is 12.1 Å². The molecule has 3 amide bonds. The molecule has 23 heavy (non-hydrogen) atoms. The molecular weight excluding hydrogens is 298 g/mol. The molecule has 0 aliphatic carbocycles. The minimum atomic E-state index is -0.316. The SMILES string of the molecule is CCOC(=O)N1CCN(C(=O)NCCOc2ccccc2)CC1. The van der Waals surface area contributed by atoms with E-state index in [1.54, 1.807) is 16.7 Å². The Bertz CT molecular complexity index is 501. The molecule has 1 aliphatic rings. The number of nitrogens with zero attached hydrogens (tertiary/aromatic N) is 2. The van der Waals surface area contributed by atoms with Gasteiger partial charge in [0.1, 0.15) is 12.4 Å². The number of hydrogen-bond acceptors (Lipinski definition) is 4. The van der Waals surface area contributed by atoms with E-state index in [0.29, 0.717) is 45.9 Å². The van der Waals surface area contributed by atoms with Gasteiger partial charge in [-0.2, -0.15) is 0 Å². The second-order valence-corrected chi connectivity index (χ2v) is 5.07. The van der Waals surface area contributed by atoms with Gasteiger partial charge in [-0.25, -0.2) is 9.59 Å². The fourth-order valence-corrected chi connectivity index (χ4v) is 2.26. The van der Waals surface area contributed by atoms with Crippen molar-refractivity contribution < 1.29 is 19.1 Å². The molecule has 1 N–H and O–H groups in total. The van der Waals surface area contributed by atoms with Crippen LogP contribution in [0.1, 0.15) is 6.92 Å². The van der Waals surface area contributed by atoms with Crippen LogP contribution in [0, 0.1) is 0 Å². The van der Waals surface area contributed by atoms with Crippen LogP contribution in [0.2, 0.25) is 0 Å². The van der Waals surface area contributed by atoms with Crippen LogP contribution in [0.4, 0.5) is 9.59 Å². The second-order valence-electron chi connectivity index (χ2n) is 5.07. The molecule has 1 aliphatic heterocycles. The van der Waals surface area contributed by atoms with E-state index in [4.69, 9.17) is 9.47 Å². The Morgan fingerprint density at radius 3 is 2.39 bits per heavy atom. The molecule has 0 atom stereocenters. The Kier molecular flexibility index (Phi) is 6.53. The summed E-state index contributed by atoms with van der Waals surface area (Å²) in [6.07, 6.45) is -0.316. The Labute approximate surface area is 136 Å². The fourth-order valence-electron chi connectivity index (χ4n) is 2.26. The molecule has 7 nitrogen and oxygen atoms in total. The van der Waals surface area contributed by atoms with Crippen LogP contribution < -0.4 is 10.1 Å². The molecule has 1 saturated heterocycles. The van der Waals surface area contributed by atoms with Crippen molar-refractivity contribution in [2.75, 3.05) is 45.9 Å². The van der Waals surface area contributed by atoms with Crippen LogP contribution in [0.5, 0.6) is 5.75 Å². The number of para-hydroxylation sites is 1. The molecular formula is C16H23N3O4. The highest BCUT2D eigenvalue weighted by molar-refractivity contribution is 5.75. The summed E-state index contributed by atoms with van der Waals surface area (Å²) in [7, 11) is 0. The first kappa shape index (κ1) is 16.9. The van der Waals surface area contributed by atoms with Gasteiger partial charge in [-0.3, -0.25) is 0 Å². The monoisotopic (exact) mass is 321 g/mol. The van der Waals surface area contributed by atoms with Gasteiger partial charge in [0.25, 0.3) is 0 Å². The van der Waals surface area contributed by atoms with E-state index < -0.39 is 0 Å². The first-order valence-corrected chi connectivity index (χ1v) is 7.83. The summed E-state index contributed by atoms with van der Waals surface area (Å²) in [6, 6.07) is 9.33. The van der Waals surface area contributed by atoms with E-state index in [1.165, 1.54) is 0 Å². The van der Waals surface area contributed by atoms with Gasteiger partial charge in [0.15, 0.2) is 0 Å². The summed E-state index contributed by atoms with van der Waals surface area (Å²) < 4.78 is 10.5. The number of urea groups is 1. The Morgan fingerprint density at radius 2 is 1.74 bits per heavy atom. The lowest BCUT2D eigenvalue weighted by Gasteiger charge is -2.33. The van der Waals surface area contributed by atoms with Crippen LogP contribution in [0.25, 0.3) is 0 Å². The number of piperazine rings is 1. The number of carbonyl (C=O) groups is 2. The lowest BCUT2D eigenvalue weighted by Crippen LogP contribution is -2.53. The molecule has 2 rings (SSSR count). The minimum Gasteiger partial charge on any atom is -0.492 e. The lowest BCUT2D eigenvalue weighted by molar-refractivity contribution is 0.0851. The molecule has 0 bridgehead atoms.